The fourth-order valence-corrected chi connectivity index (χ4v) is 2.76. The second-order valence-electron chi connectivity index (χ2n) is 5.40. The lowest BCUT2D eigenvalue weighted by atomic mass is 9.90. The van der Waals surface area contributed by atoms with Crippen molar-refractivity contribution in [1.82, 2.24) is 9.97 Å². The van der Waals surface area contributed by atoms with Crippen LogP contribution in [0.1, 0.15) is 69.3 Å². The van der Waals surface area contributed by atoms with Gasteiger partial charge in [-0.2, -0.15) is 0 Å². The number of nitrogens with zero attached hydrogens (tertiary/aromatic N) is 2. The highest BCUT2D eigenvalue weighted by atomic mass is 19.1. The highest BCUT2D eigenvalue weighted by molar-refractivity contribution is 5.38. The maximum absolute atomic E-state index is 13.9. The largest absolute Gasteiger partial charge is 0.368 e. The normalized spacial score (nSPS) is 17.8. The fraction of sp³-hybridized carbons (Fsp3) is 0.733. The van der Waals surface area contributed by atoms with Gasteiger partial charge in [0.1, 0.15) is 5.82 Å². The summed E-state index contributed by atoms with van der Waals surface area (Å²) < 4.78 is 13.9. The quantitative estimate of drug-likeness (QED) is 0.890. The third-order valence-electron chi connectivity index (χ3n) is 3.85. The smallest absolute Gasteiger partial charge is 0.186 e. The van der Waals surface area contributed by atoms with Gasteiger partial charge in [0.15, 0.2) is 11.6 Å². The molecule has 0 amide bonds. The fourth-order valence-electron chi connectivity index (χ4n) is 2.76. The maximum atomic E-state index is 13.9. The van der Waals surface area contributed by atoms with Gasteiger partial charge < -0.3 is 5.32 Å². The third-order valence-corrected chi connectivity index (χ3v) is 3.85. The predicted molar refractivity (Wildman–Crippen MR) is 76.0 cm³/mol. The van der Waals surface area contributed by atoms with E-state index in [1.54, 1.807) is 6.92 Å². The van der Waals surface area contributed by atoms with Gasteiger partial charge in [-0.15, -0.1) is 0 Å². The van der Waals surface area contributed by atoms with Crippen molar-refractivity contribution in [1.29, 1.82) is 0 Å². The molecule has 0 saturated heterocycles. The predicted octanol–water partition coefficient (Wildman–Crippen LogP) is 4.18. The average molecular weight is 265 g/mol. The van der Waals surface area contributed by atoms with Gasteiger partial charge in [-0.3, -0.25) is 0 Å². The molecule has 4 heteroatoms. The van der Waals surface area contributed by atoms with Gasteiger partial charge in [-0.05, 0) is 26.7 Å². The second kappa shape index (κ2) is 6.83. The molecule has 106 valence electrons. The molecule has 1 aliphatic carbocycles. The van der Waals surface area contributed by atoms with E-state index >= 15 is 0 Å². The monoisotopic (exact) mass is 265 g/mol. The van der Waals surface area contributed by atoms with Crippen molar-refractivity contribution in [2.75, 3.05) is 11.9 Å². The molecule has 1 aromatic rings. The van der Waals surface area contributed by atoms with Crippen LogP contribution in [0.25, 0.3) is 0 Å². The van der Waals surface area contributed by atoms with Gasteiger partial charge in [0.05, 0.1) is 5.69 Å². The minimum Gasteiger partial charge on any atom is -0.368 e. The molecule has 1 saturated carbocycles. The van der Waals surface area contributed by atoms with E-state index in [0.717, 1.165) is 18.7 Å². The number of halogens is 1. The lowest BCUT2D eigenvalue weighted by molar-refractivity contribution is 0.439. The molecule has 3 nitrogen and oxygen atoms in total. The summed E-state index contributed by atoms with van der Waals surface area (Å²) in [5.74, 6) is 1.29. The Morgan fingerprint density at radius 3 is 2.37 bits per heavy atom. The minimum absolute atomic E-state index is 0.309. The summed E-state index contributed by atoms with van der Waals surface area (Å²) in [6, 6.07) is 0. The zero-order valence-corrected chi connectivity index (χ0v) is 12.0. The zero-order valence-electron chi connectivity index (χ0n) is 12.0. The Morgan fingerprint density at radius 2 is 1.74 bits per heavy atom. The number of nitrogens with one attached hydrogen (secondary N) is 1. The Bertz CT molecular complexity index is 412. The number of hydrogen-bond donors (Lipinski definition) is 1. The van der Waals surface area contributed by atoms with Crippen molar-refractivity contribution in [2.24, 2.45) is 0 Å². The number of anilines is 1. The second-order valence-corrected chi connectivity index (χ2v) is 5.40. The lowest BCUT2D eigenvalue weighted by Crippen LogP contribution is -2.13. The van der Waals surface area contributed by atoms with Crippen LogP contribution in [0.2, 0.25) is 0 Å². The van der Waals surface area contributed by atoms with E-state index in [-0.39, 0.29) is 5.82 Å². The third kappa shape index (κ3) is 3.64. The molecule has 1 N–H and O–H groups in total. The van der Waals surface area contributed by atoms with Crippen molar-refractivity contribution in [2.45, 2.75) is 64.7 Å². The molecule has 0 aliphatic heterocycles. The van der Waals surface area contributed by atoms with E-state index in [1.165, 1.54) is 32.1 Å². The van der Waals surface area contributed by atoms with Crippen LogP contribution in [0, 0.1) is 12.7 Å². The van der Waals surface area contributed by atoms with Gasteiger partial charge >= 0.3 is 0 Å². The summed E-state index contributed by atoms with van der Waals surface area (Å²) in [6.07, 6.45) is 8.70. The Hall–Kier alpha value is -1.19. The van der Waals surface area contributed by atoms with Crippen molar-refractivity contribution >= 4 is 5.82 Å². The van der Waals surface area contributed by atoms with Crippen LogP contribution in [0.5, 0.6) is 0 Å². The first-order chi connectivity index (χ1) is 9.22. The number of aromatic nitrogens is 2. The summed E-state index contributed by atoms with van der Waals surface area (Å²) in [4.78, 5) is 8.81. The molecule has 1 aliphatic rings. The van der Waals surface area contributed by atoms with Crippen LogP contribution in [-0.2, 0) is 0 Å². The van der Waals surface area contributed by atoms with Crippen LogP contribution >= 0.6 is 0 Å². The number of aryl methyl sites for hydroxylation is 1. The molecule has 0 atom stereocenters. The van der Waals surface area contributed by atoms with Gasteiger partial charge in [0.2, 0.25) is 0 Å². The molecular formula is C15H24FN3. The first kappa shape index (κ1) is 14.2. The molecule has 0 unspecified atom stereocenters. The van der Waals surface area contributed by atoms with E-state index in [1.807, 2.05) is 6.92 Å². The Labute approximate surface area is 115 Å². The molecular weight excluding hydrogens is 241 g/mol. The molecule has 1 heterocycles. The highest BCUT2D eigenvalue weighted by Gasteiger charge is 2.19. The molecule has 0 bridgehead atoms. The first-order valence-corrected chi connectivity index (χ1v) is 7.50. The van der Waals surface area contributed by atoms with Gasteiger partial charge in [0, 0.05) is 12.5 Å². The summed E-state index contributed by atoms with van der Waals surface area (Å²) in [5, 5.41) is 3.00. The maximum Gasteiger partial charge on any atom is 0.186 e. The van der Waals surface area contributed by atoms with Crippen molar-refractivity contribution in [3.63, 3.8) is 0 Å². The molecule has 1 aromatic heterocycles. The Balaban J connectivity index is 2.22. The SMILES string of the molecule is CCNc1nc(C2CCCCCCC2)nc(C)c1F. The Kier molecular flexibility index (Phi) is 5.11. The highest BCUT2D eigenvalue weighted by Crippen LogP contribution is 2.30. The zero-order chi connectivity index (χ0) is 13.7. The summed E-state index contributed by atoms with van der Waals surface area (Å²) in [7, 11) is 0. The van der Waals surface area contributed by atoms with Gasteiger partial charge in [-0.1, -0.05) is 32.1 Å². The molecule has 19 heavy (non-hydrogen) atoms. The summed E-state index contributed by atoms with van der Waals surface area (Å²) in [6.45, 7) is 4.36. The number of rotatable bonds is 3. The van der Waals surface area contributed by atoms with Crippen LogP contribution < -0.4 is 5.32 Å². The topological polar surface area (TPSA) is 37.8 Å². The lowest BCUT2D eigenvalue weighted by Gasteiger charge is -2.19. The van der Waals surface area contributed by atoms with Crippen LogP contribution in [0.4, 0.5) is 10.2 Å². The molecule has 0 aromatic carbocycles. The molecule has 1 fully saturated rings. The first-order valence-electron chi connectivity index (χ1n) is 7.50. The van der Waals surface area contributed by atoms with E-state index in [9.17, 15) is 4.39 Å². The van der Waals surface area contributed by atoms with Gasteiger partial charge in [0.25, 0.3) is 0 Å². The van der Waals surface area contributed by atoms with Crippen molar-refractivity contribution < 1.29 is 4.39 Å². The Morgan fingerprint density at radius 1 is 1.11 bits per heavy atom. The molecule has 0 spiro atoms. The van der Waals surface area contributed by atoms with Crippen molar-refractivity contribution in [3.8, 4) is 0 Å². The van der Waals surface area contributed by atoms with E-state index < -0.39 is 0 Å². The van der Waals surface area contributed by atoms with E-state index in [4.69, 9.17) is 0 Å². The van der Waals surface area contributed by atoms with E-state index in [0.29, 0.717) is 24.0 Å². The molecule has 2 rings (SSSR count). The van der Waals surface area contributed by atoms with Crippen LogP contribution in [-0.4, -0.2) is 16.5 Å². The summed E-state index contributed by atoms with van der Waals surface area (Å²) >= 11 is 0. The minimum atomic E-state index is -0.309. The van der Waals surface area contributed by atoms with Crippen LogP contribution in [0.3, 0.4) is 0 Å². The van der Waals surface area contributed by atoms with Crippen molar-refractivity contribution in [3.05, 3.63) is 17.3 Å². The molecule has 0 radical (unpaired) electrons. The number of hydrogen-bond acceptors (Lipinski definition) is 3. The van der Waals surface area contributed by atoms with Crippen LogP contribution in [0.15, 0.2) is 0 Å². The average Bonchev–Trinajstić information content (AvgIpc) is 2.34. The van der Waals surface area contributed by atoms with Gasteiger partial charge in [-0.25, -0.2) is 14.4 Å². The standard InChI is InChI=1S/C15H24FN3/c1-3-17-15-13(16)11(2)18-14(19-15)12-9-7-5-4-6-8-10-12/h12H,3-10H2,1-2H3,(H,17,18,19). The van der Waals surface area contributed by atoms with E-state index in [2.05, 4.69) is 15.3 Å². The summed E-state index contributed by atoms with van der Waals surface area (Å²) in [5.41, 5.74) is 0.461.